The predicted molar refractivity (Wildman–Crippen MR) is 93.6 cm³/mol. The van der Waals surface area contributed by atoms with Crippen LogP contribution < -0.4 is 5.32 Å². The van der Waals surface area contributed by atoms with Crippen molar-refractivity contribution < 1.29 is 24.0 Å². The quantitative estimate of drug-likeness (QED) is 0.463. The van der Waals surface area contributed by atoms with Crippen molar-refractivity contribution in [2.45, 2.75) is 33.2 Å². The number of hydrogen-bond acceptors (Lipinski definition) is 6. The highest BCUT2D eigenvalue weighted by Gasteiger charge is 2.22. The zero-order chi connectivity index (χ0) is 20.1. The molecule has 1 rings (SSSR count). The van der Waals surface area contributed by atoms with Crippen molar-refractivity contribution in [3.05, 3.63) is 39.4 Å². The molecule has 0 unspecified atom stereocenters. The maximum Gasteiger partial charge on any atom is 0.339 e. The molecule has 0 aromatic heterocycles. The Kier molecular flexibility index (Phi) is 6.82. The van der Waals surface area contributed by atoms with Crippen LogP contribution in [0.4, 0.5) is 5.69 Å². The van der Waals surface area contributed by atoms with Gasteiger partial charge in [0.05, 0.1) is 17.0 Å². The Hall–Kier alpha value is -2.97. The summed E-state index contributed by atoms with van der Waals surface area (Å²) in [5.41, 5.74) is -0.456. The molecule has 0 radical (unpaired) electrons. The van der Waals surface area contributed by atoms with Crippen LogP contribution in [-0.4, -0.2) is 53.3 Å². The first kappa shape index (κ1) is 21.1. The van der Waals surface area contributed by atoms with E-state index in [9.17, 15) is 24.5 Å². The van der Waals surface area contributed by atoms with Gasteiger partial charge in [0.15, 0.2) is 6.61 Å². The van der Waals surface area contributed by atoms with E-state index >= 15 is 0 Å². The average Bonchev–Trinajstić information content (AvgIpc) is 2.50. The number of nitro benzene ring substituents is 1. The molecule has 0 spiro atoms. The number of nitrogens with zero attached hydrogens (tertiary/aromatic N) is 2. The minimum absolute atomic E-state index is 0.0140. The summed E-state index contributed by atoms with van der Waals surface area (Å²) in [4.78, 5) is 47.3. The van der Waals surface area contributed by atoms with Gasteiger partial charge in [-0.1, -0.05) is 6.07 Å². The van der Waals surface area contributed by atoms with E-state index in [0.717, 1.165) is 4.90 Å². The number of ether oxygens (including phenoxy) is 1. The maximum atomic E-state index is 12.1. The lowest BCUT2D eigenvalue weighted by molar-refractivity contribution is -0.385. The molecule has 9 heteroatoms. The van der Waals surface area contributed by atoms with Gasteiger partial charge in [0.25, 0.3) is 11.6 Å². The first-order valence-electron chi connectivity index (χ1n) is 7.88. The van der Waals surface area contributed by atoms with Crippen LogP contribution >= 0.6 is 0 Å². The van der Waals surface area contributed by atoms with Gasteiger partial charge in [-0.25, -0.2) is 4.79 Å². The van der Waals surface area contributed by atoms with Gasteiger partial charge in [0.2, 0.25) is 5.91 Å². The van der Waals surface area contributed by atoms with Gasteiger partial charge in [-0.3, -0.25) is 19.7 Å². The Bertz CT molecular complexity index is 724. The summed E-state index contributed by atoms with van der Waals surface area (Å²) in [5.74, 6) is -1.74. The van der Waals surface area contributed by atoms with Gasteiger partial charge < -0.3 is 15.0 Å². The molecule has 142 valence electrons. The molecule has 0 bridgehead atoms. The van der Waals surface area contributed by atoms with Crippen molar-refractivity contribution in [1.82, 2.24) is 10.2 Å². The number of esters is 1. The van der Waals surface area contributed by atoms with E-state index in [0.29, 0.717) is 0 Å². The number of rotatable bonds is 6. The highest BCUT2D eigenvalue weighted by Crippen LogP contribution is 2.21. The first-order valence-corrected chi connectivity index (χ1v) is 7.88. The Balaban J connectivity index is 2.65. The number of amides is 2. The van der Waals surface area contributed by atoms with E-state index < -0.39 is 28.9 Å². The lowest BCUT2D eigenvalue weighted by Gasteiger charge is -2.23. The minimum atomic E-state index is -0.841. The van der Waals surface area contributed by atoms with Gasteiger partial charge in [-0.2, -0.15) is 0 Å². The largest absolute Gasteiger partial charge is 0.452 e. The molecule has 0 aliphatic rings. The number of carbonyl (C=O) groups is 3. The molecular weight excluding hydrogens is 342 g/mol. The standard InChI is InChI=1S/C17H23N3O6/c1-11-12(7-6-8-13(11)20(24)25)16(23)26-10-15(22)19(5)9-14(21)18-17(2,3)4/h6-8H,9-10H2,1-5H3,(H,18,21). The molecule has 0 saturated heterocycles. The van der Waals surface area contributed by atoms with E-state index in [1.807, 2.05) is 20.8 Å². The Morgan fingerprint density at radius 1 is 1.27 bits per heavy atom. The summed E-state index contributed by atoms with van der Waals surface area (Å²) in [7, 11) is 1.41. The van der Waals surface area contributed by atoms with E-state index in [1.54, 1.807) is 0 Å². The number of hydrogen-bond donors (Lipinski definition) is 1. The van der Waals surface area contributed by atoms with Crippen molar-refractivity contribution >= 4 is 23.5 Å². The molecule has 0 aliphatic carbocycles. The number of nitrogens with one attached hydrogen (secondary N) is 1. The fourth-order valence-electron chi connectivity index (χ4n) is 2.12. The second kappa shape index (κ2) is 8.41. The van der Waals surface area contributed by atoms with Crippen LogP contribution in [-0.2, 0) is 14.3 Å². The van der Waals surface area contributed by atoms with Crippen molar-refractivity contribution in [3.63, 3.8) is 0 Å². The Morgan fingerprint density at radius 3 is 2.42 bits per heavy atom. The highest BCUT2D eigenvalue weighted by atomic mass is 16.6. The molecular formula is C17H23N3O6. The third-order valence-electron chi connectivity index (χ3n) is 3.37. The number of nitro groups is 1. The van der Waals surface area contributed by atoms with Crippen LogP contribution in [0.5, 0.6) is 0 Å². The zero-order valence-electron chi connectivity index (χ0n) is 15.5. The van der Waals surface area contributed by atoms with E-state index in [-0.39, 0.29) is 29.3 Å². The van der Waals surface area contributed by atoms with Crippen LogP contribution in [0.1, 0.15) is 36.7 Å². The average molecular weight is 365 g/mol. The third-order valence-corrected chi connectivity index (χ3v) is 3.37. The van der Waals surface area contributed by atoms with Crippen LogP contribution in [0.2, 0.25) is 0 Å². The fourth-order valence-corrected chi connectivity index (χ4v) is 2.12. The molecule has 2 amide bonds. The fraction of sp³-hybridized carbons (Fsp3) is 0.471. The molecule has 26 heavy (non-hydrogen) atoms. The Morgan fingerprint density at radius 2 is 1.88 bits per heavy atom. The number of carbonyl (C=O) groups excluding carboxylic acids is 3. The van der Waals surface area contributed by atoms with E-state index in [4.69, 9.17) is 4.74 Å². The Labute approximate surface area is 151 Å². The van der Waals surface area contributed by atoms with Crippen molar-refractivity contribution in [1.29, 1.82) is 0 Å². The minimum Gasteiger partial charge on any atom is -0.452 e. The summed E-state index contributed by atoms with van der Waals surface area (Å²) in [6.07, 6.45) is 0. The van der Waals surface area contributed by atoms with Crippen LogP contribution in [0, 0.1) is 17.0 Å². The van der Waals surface area contributed by atoms with Crippen LogP contribution in [0.25, 0.3) is 0 Å². The van der Waals surface area contributed by atoms with Crippen molar-refractivity contribution in [3.8, 4) is 0 Å². The maximum absolute atomic E-state index is 12.1. The highest BCUT2D eigenvalue weighted by molar-refractivity contribution is 5.94. The summed E-state index contributed by atoms with van der Waals surface area (Å²) in [6.45, 7) is 6.13. The molecule has 0 heterocycles. The molecule has 1 aromatic rings. The lowest BCUT2D eigenvalue weighted by Crippen LogP contribution is -2.46. The molecule has 9 nitrogen and oxygen atoms in total. The topological polar surface area (TPSA) is 119 Å². The van der Waals surface area contributed by atoms with Gasteiger partial charge in [0, 0.05) is 24.2 Å². The molecule has 0 fully saturated rings. The predicted octanol–water partition coefficient (Wildman–Crippen LogP) is 1.43. The summed E-state index contributed by atoms with van der Waals surface area (Å²) in [5, 5.41) is 13.6. The zero-order valence-corrected chi connectivity index (χ0v) is 15.5. The molecule has 0 saturated carbocycles. The summed E-state index contributed by atoms with van der Waals surface area (Å²) >= 11 is 0. The molecule has 0 aliphatic heterocycles. The normalized spacial score (nSPS) is 10.8. The van der Waals surface area contributed by atoms with Gasteiger partial charge in [-0.05, 0) is 33.8 Å². The van der Waals surface area contributed by atoms with Gasteiger partial charge in [0.1, 0.15) is 0 Å². The van der Waals surface area contributed by atoms with Gasteiger partial charge in [-0.15, -0.1) is 0 Å². The molecule has 1 N–H and O–H groups in total. The second-order valence-corrected chi connectivity index (χ2v) is 6.83. The smallest absolute Gasteiger partial charge is 0.339 e. The van der Waals surface area contributed by atoms with Crippen LogP contribution in [0.3, 0.4) is 0 Å². The molecule has 0 atom stereocenters. The SMILES string of the molecule is Cc1c(C(=O)OCC(=O)N(C)CC(=O)NC(C)(C)C)cccc1[N+](=O)[O-]. The second-order valence-electron chi connectivity index (χ2n) is 6.83. The van der Waals surface area contributed by atoms with Crippen molar-refractivity contribution in [2.75, 3.05) is 20.2 Å². The molecule has 1 aromatic carbocycles. The summed E-state index contributed by atoms with van der Waals surface area (Å²) in [6, 6.07) is 4.03. The van der Waals surface area contributed by atoms with E-state index in [1.165, 1.54) is 32.2 Å². The first-order chi connectivity index (χ1) is 11.9. The lowest BCUT2D eigenvalue weighted by atomic mass is 10.1. The van der Waals surface area contributed by atoms with E-state index in [2.05, 4.69) is 5.32 Å². The summed E-state index contributed by atoms with van der Waals surface area (Å²) < 4.78 is 4.92. The monoisotopic (exact) mass is 365 g/mol. The van der Waals surface area contributed by atoms with Crippen molar-refractivity contribution in [2.24, 2.45) is 0 Å². The third kappa shape index (κ3) is 6.15. The number of benzene rings is 1. The van der Waals surface area contributed by atoms with Gasteiger partial charge >= 0.3 is 5.97 Å². The van der Waals surface area contributed by atoms with Crippen LogP contribution in [0.15, 0.2) is 18.2 Å². The number of likely N-dealkylation sites (N-methyl/N-ethyl adjacent to an activating group) is 1.